The Kier molecular flexibility index (Phi) is 5.18. The van der Waals surface area contributed by atoms with Crippen molar-refractivity contribution in [1.29, 1.82) is 0 Å². The van der Waals surface area contributed by atoms with Crippen molar-refractivity contribution in [2.75, 3.05) is 0 Å². The fraction of sp³-hybridized carbons (Fsp3) is 0.500. The fourth-order valence-corrected chi connectivity index (χ4v) is 2.76. The van der Waals surface area contributed by atoms with Crippen LogP contribution in [-0.4, -0.2) is 0 Å². The molecular formula is C12H16Br2. The number of benzene rings is 1. The third-order valence-corrected chi connectivity index (χ3v) is 4.13. The van der Waals surface area contributed by atoms with Gasteiger partial charge in [0.05, 0.1) is 0 Å². The molecule has 2 heteroatoms. The zero-order valence-electron chi connectivity index (χ0n) is 8.69. The Hall–Kier alpha value is 0.180. The summed E-state index contributed by atoms with van der Waals surface area (Å²) in [5.41, 5.74) is 1.40. The molecule has 14 heavy (non-hydrogen) atoms. The van der Waals surface area contributed by atoms with Gasteiger partial charge in [-0.05, 0) is 36.5 Å². The number of rotatable bonds is 4. The lowest BCUT2D eigenvalue weighted by molar-refractivity contribution is 0.515. The minimum Gasteiger partial charge on any atom is -0.0651 e. The minimum atomic E-state index is 0.814. The van der Waals surface area contributed by atoms with Crippen molar-refractivity contribution < 1.29 is 0 Å². The molecule has 1 aromatic carbocycles. The van der Waals surface area contributed by atoms with E-state index in [-0.39, 0.29) is 0 Å². The Bertz CT molecular complexity index is 274. The average molecular weight is 320 g/mol. The molecule has 0 spiro atoms. The smallest absolute Gasteiger partial charge is 0.0218 e. The maximum absolute atomic E-state index is 3.59. The van der Waals surface area contributed by atoms with Crippen molar-refractivity contribution >= 4 is 31.9 Å². The van der Waals surface area contributed by atoms with E-state index in [4.69, 9.17) is 0 Å². The van der Waals surface area contributed by atoms with Gasteiger partial charge in [-0.25, -0.2) is 0 Å². The second-order valence-electron chi connectivity index (χ2n) is 3.75. The van der Waals surface area contributed by atoms with Crippen molar-refractivity contribution in [3.05, 3.63) is 32.7 Å². The van der Waals surface area contributed by atoms with E-state index in [2.05, 4.69) is 63.9 Å². The van der Waals surface area contributed by atoms with Gasteiger partial charge in [0.25, 0.3) is 0 Å². The van der Waals surface area contributed by atoms with Gasteiger partial charge in [0.1, 0.15) is 0 Å². The van der Waals surface area contributed by atoms with Crippen LogP contribution in [0.5, 0.6) is 0 Å². The van der Waals surface area contributed by atoms with Gasteiger partial charge in [0, 0.05) is 8.95 Å². The van der Waals surface area contributed by atoms with Crippen molar-refractivity contribution in [3.8, 4) is 0 Å². The topological polar surface area (TPSA) is 0 Å². The molecule has 0 amide bonds. The molecule has 0 N–H and O–H groups in total. The van der Waals surface area contributed by atoms with Crippen LogP contribution in [0.3, 0.4) is 0 Å². The normalized spacial score (nSPS) is 12.9. The summed E-state index contributed by atoms with van der Waals surface area (Å²) in [5.74, 6) is 0.814. The van der Waals surface area contributed by atoms with E-state index in [1.807, 2.05) is 0 Å². The number of halogens is 2. The van der Waals surface area contributed by atoms with Crippen molar-refractivity contribution in [2.45, 2.75) is 33.1 Å². The quantitative estimate of drug-likeness (QED) is 0.716. The molecule has 0 aliphatic carbocycles. The molecule has 1 rings (SSSR count). The number of hydrogen-bond acceptors (Lipinski definition) is 0. The Morgan fingerprint density at radius 3 is 2.29 bits per heavy atom. The van der Waals surface area contributed by atoms with E-state index in [0.717, 1.165) is 12.3 Å². The Morgan fingerprint density at radius 1 is 1.21 bits per heavy atom. The lowest BCUT2D eigenvalue weighted by atomic mass is 9.99. The fourth-order valence-electron chi connectivity index (χ4n) is 1.37. The molecule has 0 saturated heterocycles. The zero-order valence-corrected chi connectivity index (χ0v) is 11.9. The monoisotopic (exact) mass is 318 g/mol. The van der Waals surface area contributed by atoms with Gasteiger partial charge in [-0.2, -0.15) is 0 Å². The molecule has 0 aliphatic heterocycles. The Morgan fingerprint density at radius 2 is 1.79 bits per heavy atom. The lowest BCUT2D eigenvalue weighted by Crippen LogP contribution is -1.97. The highest BCUT2D eigenvalue weighted by Gasteiger charge is 2.06. The summed E-state index contributed by atoms with van der Waals surface area (Å²) in [4.78, 5) is 0. The predicted molar refractivity (Wildman–Crippen MR) is 69.6 cm³/mol. The second-order valence-corrected chi connectivity index (χ2v) is 5.46. The molecule has 0 saturated carbocycles. The molecular weight excluding hydrogens is 304 g/mol. The molecule has 78 valence electrons. The predicted octanol–water partition coefficient (Wildman–Crippen LogP) is 5.19. The molecule has 0 radical (unpaired) electrons. The van der Waals surface area contributed by atoms with Crippen LogP contribution in [0.4, 0.5) is 0 Å². The summed E-state index contributed by atoms with van der Waals surface area (Å²) < 4.78 is 2.44. The van der Waals surface area contributed by atoms with E-state index in [0.29, 0.717) is 0 Å². The summed E-state index contributed by atoms with van der Waals surface area (Å²) in [6, 6.07) is 6.27. The van der Waals surface area contributed by atoms with Gasteiger partial charge in [0.15, 0.2) is 0 Å². The molecule has 0 nitrogen and oxygen atoms in total. The summed E-state index contributed by atoms with van der Waals surface area (Å²) in [6.45, 7) is 4.56. The van der Waals surface area contributed by atoms with Crippen LogP contribution >= 0.6 is 31.9 Å². The van der Waals surface area contributed by atoms with Crippen molar-refractivity contribution in [1.82, 2.24) is 0 Å². The van der Waals surface area contributed by atoms with Crippen LogP contribution in [0.1, 0.15) is 32.3 Å². The van der Waals surface area contributed by atoms with Gasteiger partial charge >= 0.3 is 0 Å². The van der Waals surface area contributed by atoms with E-state index in [9.17, 15) is 0 Å². The molecule has 0 heterocycles. The standard InChI is InChI=1S/C12H16Br2/c1-3-9(2)7-8-10-11(13)5-4-6-12(10)14/h4-6,9H,3,7-8H2,1-2H3. The van der Waals surface area contributed by atoms with Gasteiger partial charge in [-0.1, -0.05) is 58.2 Å². The van der Waals surface area contributed by atoms with E-state index >= 15 is 0 Å². The second kappa shape index (κ2) is 5.92. The Balaban J connectivity index is 2.66. The summed E-state index contributed by atoms with van der Waals surface area (Å²) in [5, 5.41) is 0. The molecule has 0 bridgehead atoms. The van der Waals surface area contributed by atoms with Crippen LogP contribution in [0.25, 0.3) is 0 Å². The highest BCUT2D eigenvalue weighted by atomic mass is 79.9. The number of hydrogen-bond donors (Lipinski definition) is 0. The van der Waals surface area contributed by atoms with Gasteiger partial charge in [0.2, 0.25) is 0 Å². The molecule has 1 atom stereocenters. The zero-order chi connectivity index (χ0) is 10.6. The van der Waals surface area contributed by atoms with Gasteiger partial charge < -0.3 is 0 Å². The largest absolute Gasteiger partial charge is 0.0651 e. The first kappa shape index (κ1) is 12.3. The van der Waals surface area contributed by atoms with Crippen molar-refractivity contribution in [2.24, 2.45) is 5.92 Å². The van der Waals surface area contributed by atoms with Gasteiger partial charge in [-0.3, -0.25) is 0 Å². The molecule has 0 aliphatic rings. The van der Waals surface area contributed by atoms with Crippen LogP contribution in [0.2, 0.25) is 0 Å². The third-order valence-electron chi connectivity index (χ3n) is 2.65. The first-order chi connectivity index (χ1) is 6.65. The highest BCUT2D eigenvalue weighted by Crippen LogP contribution is 2.27. The first-order valence-corrected chi connectivity index (χ1v) is 6.66. The average Bonchev–Trinajstić information content (AvgIpc) is 2.16. The molecule has 1 unspecified atom stereocenters. The lowest BCUT2D eigenvalue weighted by Gasteiger charge is -2.10. The summed E-state index contributed by atoms with van der Waals surface area (Å²) >= 11 is 7.18. The first-order valence-electron chi connectivity index (χ1n) is 5.08. The maximum Gasteiger partial charge on any atom is 0.0218 e. The SMILES string of the molecule is CCC(C)CCc1c(Br)cccc1Br. The minimum absolute atomic E-state index is 0.814. The van der Waals surface area contributed by atoms with Gasteiger partial charge in [-0.15, -0.1) is 0 Å². The van der Waals surface area contributed by atoms with Crippen molar-refractivity contribution in [3.63, 3.8) is 0 Å². The summed E-state index contributed by atoms with van der Waals surface area (Å²) in [6.07, 6.45) is 3.68. The third kappa shape index (κ3) is 3.39. The van der Waals surface area contributed by atoms with E-state index in [1.165, 1.54) is 27.4 Å². The maximum atomic E-state index is 3.59. The summed E-state index contributed by atoms with van der Waals surface area (Å²) in [7, 11) is 0. The Labute approximate surface area is 103 Å². The highest BCUT2D eigenvalue weighted by molar-refractivity contribution is 9.11. The van der Waals surface area contributed by atoms with E-state index in [1.54, 1.807) is 0 Å². The van der Waals surface area contributed by atoms with Crippen LogP contribution in [0.15, 0.2) is 27.1 Å². The van der Waals surface area contributed by atoms with Crippen LogP contribution in [-0.2, 0) is 6.42 Å². The van der Waals surface area contributed by atoms with Crippen LogP contribution in [0, 0.1) is 5.92 Å². The molecule has 0 aromatic heterocycles. The molecule has 1 aromatic rings. The van der Waals surface area contributed by atoms with E-state index < -0.39 is 0 Å². The van der Waals surface area contributed by atoms with Crippen LogP contribution < -0.4 is 0 Å². The molecule has 0 fully saturated rings.